The summed E-state index contributed by atoms with van der Waals surface area (Å²) in [5.74, 6) is -1.49. The molecule has 1 unspecified atom stereocenters. The zero-order chi connectivity index (χ0) is 13.6. The predicted molar refractivity (Wildman–Crippen MR) is 65.6 cm³/mol. The van der Waals surface area contributed by atoms with E-state index in [9.17, 15) is 10.2 Å². The number of aliphatic hydroxyl groups is 3. The van der Waals surface area contributed by atoms with E-state index in [0.717, 1.165) is 0 Å². The van der Waals surface area contributed by atoms with E-state index in [1.807, 2.05) is 0 Å². The van der Waals surface area contributed by atoms with Crippen molar-refractivity contribution in [1.29, 1.82) is 0 Å². The fourth-order valence-corrected chi connectivity index (χ4v) is 2.37. The van der Waals surface area contributed by atoms with Gasteiger partial charge in [0.15, 0.2) is 5.84 Å². The Bertz CT molecular complexity index is 475. The van der Waals surface area contributed by atoms with E-state index >= 15 is 0 Å². The van der Waals surface area contributed by atoms with Gasteiger partial charge in [-0.15, -0.1) is 0 Å². The van der Waals surface area contributed by atoms with Crippen LogP contribution >= 0.6 is 0 Å². The molecule has 0 spiro atoms. The predicted octanol–water partition coefficient (Wildman–Crippen LogP) is -2.79. The molecule has 3 aliphatic heterocycles. The molecule has 0 amide bonds. The first kappa shape index (κ1) is 12.6. The lowest BCUT2D eigenvalue weighted by molar-refractivity contribution is -0.0560. The van der Waals surface area contributed by atoms with E-state index in [-0.39, 0.29) is 19.0 Å². The van der Waals surface area contributed by atoms with Crippen molar-refractivity contribution in [2.75, 3.05) is 13.3 Å². The van der Waals surface area contributed by atoms with Gasteiger partial charge in [0.25, 0.3) is 5.85 Å². The van der Waals surface area contributed by atoms with Gasteiger partial charge in [0.05, 0.1) is 12.7 Å². The highest BCUT2D eigenvalue weighted by atomic mass is 16.5. The number of hydrogen-bond donors (Lipinski definition) is 4. The van der Waals surface area contributed by atoms with Crippen LogP contribution in [0.4, 0.5) is 0 Å². The minimum absolute atomic E-state index is 0.181. The maximum Gasteiger partial charge on any atom is 0.260 e. The van der Waals surface area contributed by atoms with Gasteiger partial charge in [-0.2, -0.15) is 0 Å². The maximum atomic E-state index is 9.87. The number of nitrogens with zero attached hydrogens (tertiary/aromatic N) is 4. The molecule has 0 saturated carbocycles. The van der Waals surface area contributed by atoms with Crippen LogP contribution < -0.4 is 5.73 Å². The van der Waals surface area contributed by atoms with Crippen molar-refractivity contribution in [1.82, 2.24) is 4.90 Å². The Morgan fingerprint density at radius 2 is 2.37 bits per heavy atom. The molecule has 1 fully saturated rings. The quantitative estimate of drug-likeness (QED) is 0.400. The number of hydrogen-bond acceptors (Lipinski definition) is 9. The molecule has 0 aromatic carbocycles. The summed E-state index contributed by atoms with van der Waals surface area (Å²) in [4.78, 5) is 13.5. The van der Waals surface area contributed by atoms with Crippen molar-refractivity contribution in [3.8, 4) is 0 Å². The van der Waals surface area contributed by atoms with E-state index in [1.165, 1.54) is 6.34 Å². The molecule has 0 aromatic heterocycles. The van der Waals surface area contributed by atoms with Crippen LogP contribution in [-0.2, 0) is 4.74 Å². The Balaban J connectivity index is 1.80. The third kappa shape index (κ3) is 1.95. The number of aliphatic hydroxyl groups excluding tert-OH is 2. The summed E-state index contributed by atoms with van der Waals surface area (Å²) in [6.45, 7) is -0.0411. The van der Waals surface area contributed by atoms with Crippen molar-refractivity contribution in [3.05, 3.63) is 0 Å². The van der Waals surface area contributed by atoms with Crippen molar-refractivity contribution in [3.63, 3.8) is 0 Å². The van der Waals surface area contributed by atoms with Crippen molar-refractivity contribution >= 4 is 17.9 Å². The van der Waals surface area contributed by atoms with Crippen molar-refractivity contribution in [2.45, 2.75) is 30.7 Å². The number of fused-ring (bicyclic) bond motifs is 1. The summed E-state index contributed by atoms with van der Waals surface area (Å²) in [5.41, 5.74) is 5.77. The van der Waals surface area contributed by atoms with Crippen LogP contribution in [0.15, 0.2) is 15.0 Å². The number of amidine groups is 1. The molecule has 4 atom stereocenters. The molecule has 19 heavy (non-hydrogen) atoms. The smallest absolute Gasteiger partial charge is 0.260 e. The third-order valence-electron chi connectivity index (χ3n) is 3.38. The number of rotatable bonds is 2. The lowest BCUT2D eigenvalue weighted by Crippen LogP contribution is -2.54. The third-order valence-corrected chi connectivity index (χ3v) is 3.38. The van der Waals surface area contributed by atoms with E-state index < -0.39 is 24.3 Å². The molecule has 9 nitrogen and oxygen atoms in total. The van der Waals surface area contributed by atoms with Gasteiger partial charge in [0.2, 0.25) is 0 Å². The first-order valence-corrected chi connectivity index (χ1v) is 5.92. The average molecular weight is 269 g/mol. The molecule has 0 aliphatic carbocycles. The summed E-state index contributed by atoms with van der Waals surface area (Å²) < 4.78 is 5.53. The summed E-state index contributed by atoms with van der Waals surface area (Å²) in [6, 6.07) is 0. The molecule has 104 valence electrons. The minimum atomic E-state index is -1.88. The molecule has 1 saturated heterocycles. The van der Waals surface area contributed by atoms with Crippen LogP contribution in [0.1, 0.15) is 6.42 Å². The van der Waals surface area contributed by atoms with E-state index in [1.54, 1.807) is 4.90 Å². The van der Waals surface area contributed by atoms with Crippen LogP contribution in [0.5, 0.6) is 0 Å². The van der Waals surface area contributed by atoms with Crippen LogP contribution in [0.25, 0.3) is 0 Å². The first-order chi connectivity index (χ1) is 9.03. The molecule has 0 radical (unpaired) electrons. The highest BCUT2D eigenvalue weighted by Crippen LogP contribution is 2.27. The topological polar surface area (TPSA) is 136 Å². The van der Waals surface area contributed by atoms with Gasteiger partial charge in [-0.1, -0.05) is 0 Å². The molecular formula is C10H15N5O4. The Labute approximate surface area is 108 Å². The Kier molecular flexibility index (Phi) is 2.87. The lowest BCUT2D eigenvalue weighted by atomic mass is 10.1. The monoisotopic (exact) mass is 269 g/mol. The second kappa shape index (κ2) is 4.32. The zero-order valence-electron chi connectivity index (χ0n) is 10.0. The van der Waals surface area contributed by atoms with Gasteiger partial charge in [-0.05, 0) is 0 Å². The number of nitrogens with two attached hydrogens (primary N) is 1. The fraction of sp³-hybridized carbons (Fsp3) is 0.700. The summed E-state index contributed by atoms with van der Waals surface area (Å²) in [5, 5.41) is 28.7. The molecule has 3 aliphatic rings. The van der Waals surface area contributed by atoms with Crippen molar-refractivity contribution < 1.29 is 20.1 Å². The zero-order valence-corrected chi connectivity index (χ0v) is 10.0. The highest BCUT2D eigenvalue weighted by Gasteiger charge is 2.45. The van der Waals surface area contributed by atoms with E-state index in [0.29, 0.717) is 12.3 Å². The van der Waals surface area contributed by atoms with Crippen LogP contribution in [0.2, 0.25) is 0 Å². The maximum absolute atomic E-state index is 9.87. The van der Waals surface area contributed by atoms with Gasteiger partial charge in [-0.3, -0.25) is 10.7 Å². The minimum Gasteiger partial charge on any atom is -0.394 e. The SMILES string of the molecule is NC1(O)N=CN=C2C1=NCN2[C@H]1C[C@H](O)[C@@H](CO)O1. The van der Waals surface area contributed by atoms with Gasteiger partial charge in [-0.25, -0.2) is 9.98 Å². The second-order valence-corrected chi connectivity index (χ2v) is 4.66. The van der Waals surface area contributed by atoms with Crippen LogP contribution in [0.3, 0.4) is 0 Å². The summed E-state index contributed by atoms with van der Waals surface area (Å²) in [6.07, 6.45) is -0.332. The average Bonchev–Trinajstić information content (AvgIpc) is 2.92. The Morgan fingerprint density at radius 1 is 1.58 bits per heavy atom. The van der Waals surface area contributed by atoms with E-state index in [2.05, 4.69) is 15.0 Å². The number of ether oxygens (including phenoxy) is 1. The van der Waals surface area contributed by atoms with Crippen molar-refractivity contribution in [2.24, 2.45) is 20.7 Å². The molecule has 0 aromatic rings. The normalized spacial score (nSPS) is 41.3. The molecule has 5 N–H and O–H groups in total. The summed E-state index contributed by atoms with van der Waals surface area (Å²) in [7, 11) is 0. The Morgan fingerprint density at radius 3 is 3.05 bits per heavy atom. The number of aliphatic imine (C=N–C) groups is 3. The Hall–Kier alpha value is -1.39. The summed E-state index contributed by atoms with van der Waals surface area (Å²) >= 11 is 0. The highest BCUT2D eigenvalue weighted by molar-refractivity contribution is 6.46. The van der Waals surface area contributed by atoms with Gasteiger partial charge in [0, 0.05) is 6.42 Å². The first-order valence-electron chi connectivity index (χ1n) is 5.92. The van der Waals surface area contributed by atoms with Crippen LogP contribution in [-0.4, -0.2) is 75.7 Å². The molecule has 3 rings (SSSR count). The van der Waals surface area contributed by atoms with Gasteiger partial charge >= 0.3 is 0 Å². The standard InChI is InChI=1S/C10H15N5O4/c11-10(18)8-9(12-3-14-10)15(4-13-8)7-1-5(17)6(2-16)19-7/h3,5-7,16-18H,1-2,4,11H2/t5-,6+,7+,10?/m0/s1. The largest absolute Gasteiger partial charge is 0.394 e. The van der Waals surface area contributed by atoms with E-state index in [4.69, 9.17) is 15.6 Å². The molecule has 0 bridgehead atoms. The molecule has 9 heteroatoms. The fourth-order valence-electron chi connectivity index (χ4n) is 2.37. The second-order valence-electron chi connectivity index (χ2n) is 4.66. The van der Waals surface area contributed by atoms with Crippen LogP contribution in [0, 0.1) is 0 Å². The lowest BCUT2D eigenvalue weighted by Gasteiger charge is -2.28. The van der Waals surface area contributed by atoms with Gasteiger partial charge < -0.3 is 25.0 Å². The van der Waals surface area contributed by atoms with Gasteiger partial charge in [0.1, 0.15) is 31.1 Å². The molecule has 3 heterocycles. The molecular weight excluding hydrogens is 254 g/mol.